The summed E-state index contributed by atoms with van der Waals surface area (Å²) in [6.45, 7) is 1.49. The molecule has 28 heavy (non-hydrogen) atoms. The van der Waals surface area contributed by atoms with Crippen LogP contribution in [0.4, 0.5) is 0 Å². The number of carbonyl (C=O) groups is 1. The van der Waals surface area contributed by atoms with Gasteiger partial charge >= 0.3 is 0 Å². The molecule has 2 aromatic carbocycles. The van der Waals surface area contributed by atoms with Crippen LogP contribution >= 0.6 is 11.3 Å². The maximum atomic E-state index is 13.2. The Hall–Kier alpha value is -2.99. The van der Waals surface area contributed by atoms with Crippen LogP contribution in [0, 0.1) is 0 Å². The first-order chi connectivity index (χ1) is 13.8. The molecule has 0 N–H and O–H groups in total. The van der Waals surface area contributed by atoms with Gasteiger partial charge in [0.2, 0.25) is 0 Å². The second kappa shape index (κ2) is 7.20. The van der Waals surface area contributed by atoms with E-state index in [2.05, 4.69) is 11.2 Å². The molecule has 0 radical (unpaired) electrons. The Balaban J connectivity index is 1.36. The number of amides is 1. The molecule has 1 aliphatic rings. The summed E-state index contributed by atoms with van der Waals surface area (Å²) in [5.74, 6) is 0.0902. The van der Waals surface area contributed by atoms with E-state index in [1.54, 1.807) is 17.5 Å². The lowest BCUT2D eigenvalue weighted by Crippen LogP contribution is -2.30. The first-order valence-corrected chi connectivity index (χ1v) is 10.3. The topological polar surface area (TPSA) is 51.0 Å². The van der Waals surface area contributed by atoms with E-state index >= 15 is 0 Å². The van der Waals surface area contributed by atoms with Crippen molar-refractivity contribution in [3.63, 3.8) is 0 Å². The third-order valence-electron chi connectivity index (χ3n) is 5.21. The Morgan fingerprint density at radius 2 is 1.96 bits per heavy atom. The van der Waals surface area contributed by atoms with Gasteiger partial charge in [-0.05, 0) is 48.7 Å². The highest BCUT2D eigenvalue weighted by Gasteiger charge is 2.32. The van der Waals surface area contributed by atoms with Gasteiger partial charge in [0.25, 0.3) is 5.91 Å². The quantitative estimate of drug-likeness (QED) is 0.516. The number of nitrogens with zero attached hydrogens (tertiary/aromatic N) is 4. The Morgan fingerprint density at radius 1 is 1.11 bits per heavy atom. The molecular formula is C22H20N4OS. The van der Waals surface area contributed by atoms with Gasteiger partial charge in [0.05, 0.1) is 22.8 Å². The van der Waals surface area contributed by atoms with Gasteiger partial charge in [-0.15, -0.1) is 11.3 Å². The van der Waals surface area contributed by atoms with Gasteiger partial charge in [0.1, 0.15) is 5.01 Å². The number of likely N-dealkylation sites (tertiary alicyclic amines) is 1. The van der Waals surface area contributed by atoms with Gasteiger partial charge in [-0.25, -0.2) is 4.98 Å². The standard InChI is InChI=1S/C22H20N4OS/c27-22(17-10-8-16(9-11-17)15-25-13-4-12-23-25)26-14-3-6-19(26)21-24-18-5-1-2-7-20(18)28-21/h1-2,4-5,7-13,19H,3,6,14-15H2/t19-/m1/s1. The third kappa shape index (κ3) is 3.20. The lowest BCUT2D eigenvalue weighted by atomic mass is 10.1. The van der Waals surface area contributed by atoms with Crippen molar-refractivity contribution >= 4 is 27.5 Å². The second-order valence-corrected chi connectivity index (χ2v) is 8.14. The van der Waals surface area contributed by atoms with Gasteiger partial charge < -0.3 is 4.90 Å². The van der Waals surface area contributed by atoms with E-state index in [4.69, 9.17) is 4.98 Å². The minimum absolute atomic E-state index is 0.0775. The number of para-hydroxylation sites is 1. The zero-order valence-corrected chi connectivity index (χ0v) is 16.2. The van der Waals surface area contributed by atoms with Crippen molar-refractivity contribution in [2.45, 2.75) is 25.4 Å². The van der Waals surface area contributed by atoms with Crippen LogP contribution in [0.3, 0.4) is 0 Å². The van der Waals surface area contributed by atoms with E-state index in [0.29, 0.717) is 6.54 Å². The lowest BCUT2D eigenvalue weighted by Gasteiger charge is -2.23. The third-order valence-corrected chi connectivity index (χ3v) is 6.35. The predicted molar refractivity (Wildman–Crippen MR) is 110 cm³/mol. The molecule has 1 fully saturated rings. The highest BCUT2D eigenvalue weighted by Crippen LogP contribution is 2.37. The molecule has 1 amide bonds. The Kier molecular flexibility index (Phi) is 4.41. The van der Waals surface area contributed by atoms with Crippen molar-refractivity contribution < 1.29 is 4.79 Å². The molecule has 0 unspecified atom stereocenters. The summed E-state index contributed by atoms with van der Waals surface area (Å²) in [6, 6.07) is 18.0. The number of fused-ring (bicyclic) bond motifs is 1. The fourth-order valence-corrected chi connectivity index (χ4v) is 4.91. The smallest absolute Gasteiger partial charge is 0.254 e. The predicted octanol–water partition coefficient (Wildman–Crippen LogP) is 4.52. The highest BCUT2D eigenvalue weighted by atomic mass is 32.1. The minimum atomic E-state index is 0.0775. The molecule has 1 aliphatic heterocycles. The number of rotatable bonds is 4. The molecule has 5 nitrogen and oxygen atoms in total. The van der Waals surface area contributed by atoms with Gasteiger partial charge in [-0.2, -0.15) is 5.10 Å². The van der Waals surface area contributed by atoms with Crippen LogP contribution in [0.1, 0.15) is 39.8 Å². The Morgan fingerprint density at radius 3 is 2.75 bits per heavy atom. The van der Waals surface area contributed by atoms with Crippen molar-refractivity contribution in [3.05, 3.63) is 83.1 Å². The number of carbonyl (C=O) groups excluding carboxylic acids is 1. The summed E-state index contributed by atoms with van der Waals surface area (Å²) in [5.41, 5.74) is 2.88. The molecular weight excluding hydrogens is 368 g/mol. The summed E-state index contributed by atoms with van der Waals surface area (Å²) in [7, 11) is 0. The Bertz CT molecular complexity index is 1070. The molecule has 0 spiro atoms. The van der Waals surface area contributed by atoms with Crippen LogP contribution in [0.5, 0.6) is 0 Å². The lowest BCUT2D eigenvalue weighted by molar-refractivity contribution is 0.0735. The van der Waals surface area contributed by atoms with Crippen molar-refractivity contribution in [3.8, 4) is 0 Å². The van der Waals surface area contributed by atoms with Crippen LogP contribution in [-0.4, -0.2) is 32.1 Å². The maximum absolute atomic E-state index is 13.2. The summed E-state index contributed by atoms with van der Waals surface area (Å²) in [5, 5.41) is 5.27. The summed E-state index contributed by atoms with van der Waals surface area (Å²) < 4.78 is 3.06. The fourth-order valence-electron chi connectivity index (χ4n) is 3.80. The number of thiazole rings is 1. The van der Waals surface area contributed by atoms with E-state index in [-0.39, 0.29) is 11.9 Å². The van der Waals surface area contributed by atoms with Crippen LogP contribution < -0.4 is 0 Å². The number of benzene rings is 2. The molecule has 0 saturated carbocycles. The van der Waals surface area contributed by atoms with E-state index < -0.39 is 0 Å². The molecule has 2 aromatic heterocycles. The van der Waals surface area contributed by atoms with Crippen LogP contribution in [0.25, 0.3) is 10.2 Å². The van der Waals surface area contributed by atoms with Gasteiger partial charge in [-0.3, -0.25) is 9.48 Å². The fraction of sp³-hybridized carbons (Fsp3) is 0.227. The molecule has 1 atom stereocenters. The SMILES string of the molecule is O=C(c1ccc(Cn2cccn2)cc1)N1CCC[C@@H]1c1nc2ccccc2s1. The molecule has 0 aliphatic carbocycles. The second-order valence-electron chi connectivity index (χ2n) is 7.08. The first-order valence-electron chi connectivity index (χ1n) is 9.51. The average molecular weight is 388 g/mol. The van der Waals surface area contributed by atoms with Crippen LogP contribution in [0.2, 0.25) is 0 Å². The van der Waals surface area contributed by atoms with E-state index in [9.17, 15) is 4.79 Å². The van der Waals surface area contributed by atoms with Gasteiger partial charge in [-0.1, -0.05) is 24.3 Å². The summed E-state index contributed by atoms with van der Waals surface area (Å²) in [4.78, 5) is 19.9. The largest absolute Gasteiger partial charge is 0.329 e. The Labute approximate surface area is 167 Å². The summed E-state index contributed by atoms with van der Waals surface area (Å²) in [6.07, 6.45) is 5.70. The zero-order valence-electron chi connectivity index (χ0n) is 15.4. The number of hydrogen-bond acceptors (Lipinski definition) is 4. The molecule has 4 aromatic rings. The molecule has 5 rings (SSSR count). The molecule has 3 heterocycles. The minimum Gasteiger partial charge on any atom is -0.329 e. The zero-order chi connectivity index (χ0) is 18.9. The van der Waals surface area contributed by atoms with Gasteiger partial charge in [0, 0.05) is 24.5 Å². The van der Waals surface area contributed by atoms with Gasteiger partial charge in [0.15, 0.2) is 0 Å². The van der Waals surface area contributed by atoms with Crippen LogP contribution in [-0.2, 0) is 6.54 Å². The van der Waals surface area contributed by atoms with Crippen molar-refractivity contribution in [2.24, 2.45) is 0 Å². The highest BCUT2D eigenvalue weighted by molar-refractivity contribution is 7.18. The normalized spacial score (nSPS) is 16.7. The molecule has 140 valence electrons. The average Bonchev–Trinajstić information content (AvgIpc) is 3.47. The van der Waals surface area contributed by atoms with Crippen molar-refractivity contribution in [1.82, 2.24) is 19.7 Å². The maximum Gasteiger partial charge on any atom is 0.254 e. The van der Waals surface area contributed by atoms with Crippen LogP contribution in [0.15, 0.2) is 67.0 Å². The van der Waals surface area contributed by atoms with E-state index in [1.165, 1.54) is 4.70 Å². The first kappa shape index (κ1) is 17.1. The van der Waals surface area contributed by atoms with Crippen molar-refractivity contribution in [2.75, 3.05) is 6.54 Å². The molecule has 0 bridgehead atoms. The number of hydrogen-bond donors (Lipinski definition) is 0. The molecule has 6 heteroatoms. The van der Waals surface area contributed by atoms with E-state index in [1.807, 2.05) is 64.3 Å². The van der Waals surface area contributed by atoms with Crippen molar-refractivity contribution in [1.29, 1.82) is 0 Å². The number of aromatic nitrogens is 3. The van der Waals surface area contributed by atoms with E-state index in [0.717, 1.165) is 41.0 Å². The molecule has 1 saturated heterocycles. The monoisotopic (exact) mass is 388 g/mol. The summed E-state index contributed by atoms with van der Waals surface area (Å²) >= 11 is 1.70.